The summed E-state index contributed by atoms with van der Waals surface area (Å²) in [5, 5.41) is 3.23. The highest BCUT2D eigenvalue weighted by molar-refractivity contribution is 8.01. The van der Waals surface area contributed by atoms with Crippen LogP contribution in [0, 0.1) is 6.92 Å². The lowest BCUT2D eigenvalue weighted by Crippen LogP contribution is -2.36. The quantitative estimate of drug-likeness (QED) is 0.795. The van der Waals surface area contributed by atoms with Crippen molar-refractivity contribution in [2.45, 2.75) is 49.8 Å². The first-order valence-corrected chi connectivity index (χ1v) is 10.6. The first kappa shape index (κ1) is 17.3. The first-order valence-electron chi connectivity index (χ1n) is 7.30. The van der Waals surface area contributed by atoms with Crippen LogP contribution < -0.4 is 10.0 Å². The van der Waals surface area contributed by atoms with Crippen LogP contribution in [0.2, 0.25) is 0 Å². The molecule has 7 heteroatoms. The molecule has 1 aromatic rings. The van der Waals surface area contributed by atoms with Crippen LogP contribution in [0.3, 0.4) is 0 Å². The number of thiophene rings is 1. The van der Waals surface area contributed by atoms with Gasteiger partial charge in [-0.05, 0) is 45.1 Å². The molecule has 1 unspecified atom stereocenters. The number of aryl methyl sites for hydroxylation is 1. The average Bonchev–Trinajstić information content (AvgIpc) is 3.02. The molecule has 2 heterocycles. The van der Waals surface area contributed by atoms with Crippen LogP contribution in [0.15, 0.2) is 11.0 Å². The summed E-state index contributed by atoms with van der Waals surface area (Å²) in [6.07, 6.45) is 2.25. The van der Waals surface area contributed by atoms with Crippen LogP contribution in [0.25, 0.3) is 0 Å². The largest absolute Gasteiger partial charge is 0.312 e. The molecule has 1 atom stereocenters. The van der Waals surface area contributed by atoms with Gasteiger partial charge >= 0.3 is 0 Å². The second kappa shape index (κ2) is 7.00. The van der Waals surface area contributed by atoms with Crippen LogP contribution in [0.1, 0.15) is 36.4 Å². The van der Waals surface area contributed by atoms with E-state index in [1.165, 1.54) is 6.42 Å². The van der Waals surface area contributed by atoms with E-state index in [0.29, 0.717) is 11.4 Å². The highest BCUT2D eigenvalue weighted by Gasteiger charge is 2.31. The fourth-order valence-electron chi connectivity index (χ4n) is 2.43. The van der Waals surface area contributed by atoms with Gasteiger partial charge in [-0.1, -0.05) is 6.92 Å². The third-order valence-corrected chi connectivity index (χ3v) is 7.94. The van der Waals surface area contributed by atoms with Gasteiger partial charge in [0.2, 0.25) is 10.0 Å². The number of sulfonamides is 1. The van der Waals surface area contributed by atoms with E-state index in [2.05, 4.69) is 17.0 Å². The Labute approximate surface area is 136 Å². The van der Waals surface area contributed by atoms with Gasteiger partial charge in [-0.15, -0.1) is 11.3 Å². The Morgan fingerprint density at radius 1 is 1.43 bits per heavy atom. The van der Waals surface area contributed by atoms with Crippen LogP contribution in [-0.4, -0.2) is 32.0 Å². The van der Waals surface area contributed by atoms with E-state index in [1.807, 2.05) is 25.6 Å². The van der Waals surface area contributed by atoms with Crippen LogP contribution in [-0.2, 0) is 16.6 Å². The second-order valence-electron chi connectivity index (χ2n) is 5.64. The average molecular weight is 349 g/mol. The second-order valence-corrected chi connectivity index (χ2v) is 10.4. The zero-order chi connectivity index (χ0) is 15.5. The number of hydrogen-bond acceptors (Lipinski definition) is 5. The summed E-state index contributed by atoms with van der Waals surface area (Å²) in [5.41, 5.74) is 0. The van der Waals surface area contributed by atoms with Crippen molar-refractivity contribution in [1.82, 2.24) is 10.0 Å². The summed E-state index contributed by atoms with van der Waals surface area (Å²) < 4.78 is 27.9. The van der Waals surface area contributed by atoms with Crippen molar-refractivity contribution in [3.63, 3.8) is 0 Å². The Kier molecular flexibility index (Phi) is 5.76. The molecule has 2 rings (SSSR count). The molecule has 1 saturated heterocycles. The Bertz CT molecular complexity index is 575. The third-order valence-electron chi connectivity index (χ3n) is 3.70. The van der Waals surface area contributed by atoms with E-state index in [1.54, 1.807) is 17.4 Å². The molecule has 1 aliphatic heterocycles. The van der Waals surface area contributed by atoms with E-state index in [9.17, 15) is 8.42 Å². The summed E-state index contributed by atoms with van der Waals surface area (Å²) in [6.45, 7) is 8.18. The van der Waals surface area contributed by atoms with Crippen LogP contribution in [0.5, 0.6) is 0 Å². The smallest absolute Gasteiger partial charge is 0.241 e. The van der Waals surface area contributed by atoms with E-state index in [-0.39, 0.29) is 4.75 Å². The van der Waals surface area contributed by atoms with Gasteiger partial charge < -0.3 is 5.32 Å². The molecule has 0 aliphatic carbocycles. The van der Waals surface area contributed by atoms with Crippen molar-refractivity contribution < 1.29 is 8.42 Å². The summed E-state index contributed by atoms with van der Waals surface area (Å²) in [4.78, 5) is 2.36. The van der Waals surface area contributed by atoms with Crippen LogP contribution in [0.4, 0.5) is 0 Å². The monoisotopic (exact) mass is 348 g/mol. The molecule has 0 spiro atoms. The molecular weight excluding hydrogens is 324 g/mol. The minimum Gasteiger partial charge on any atom is -0.312 e. The van der Waals surface area contributed by atoms with Gasteiger partial charge in [0.15, 0.2) is 0 Å². The van der Waals surface area contributed by atoms with E-state index in [0.717, 1.165) is 35.0 Å². The van der Waals surface area contributed by atoms with Gasteiger partial charge in [0.25, 0.3) is 0 Å². The van der Waals surface area contributed by atoms with Crippen LogP contribution >= 0.6 is 23.1 Å². The topological polar surface area (TPSA) is 58.2 Å². The molecule has 21 heavy (non-hydrogen) atoms. The van der Waals surface area contributed by atoms with Crippen molar-refractivity contribution in [2.24, 2.45) is 0 Å². The highest BCUT2D eigenvalue weighted by atomic mass is 32.2. The molecule has 0 amide bonds. The standard InChI is InChI=1S/C14H24N2O2S3/c1-4-15-9-12-8-13(11(2)20-12)21(17,18)16-10-14(3)6-5-7-19-14/h8,15-16H,4-7,9-10H2,1-3H3. The molecule has 4 nitrogen and oxygen atoms in total. The zero-order valence-corrected chi connectivity index (χ0v) is 15.3. The summed E-state index contributed by atoms with van der Waals surface area (Å²) >= 11 is 3.42. The fourth-order valence-corrected chi connectivity index (χ4v) is 6.54. The zero-order valence-electron chi connectivity index (χ0n) is 12.9. The molecule has 0 bridgehead atoms. The predicted molar refractivity (Wildman–Crippen MR) is 91.7 cm³/mol. The molecule has 0 aromatic carbocycles. The molecule has 0 radical (unpaired) electrons. The third kappa shape index (κ3) is 4.45. The van der Waals surface area contributed by atoms with Crippen molar-refractivity contribution in [1.29, 1.82) is 0 Å². The van der Waals surface area contributed by atoms with Crippen molar-refractivity contribution in [3.05, 3.63) is 15.8 Å². The van der Waals surface area contributed by atoms with E-state index in [4.69, 9.17) is 0 Å². The summed E-state index contributed by atoms with van der Waals surface area (Å²) in [5.74, 6) is 1.13. The lowest BCUT2D eigenvalue weighted by Gasteiger charge is -2.22. The molecule has 0 saturated carbocycles. The molecule has 1 fully saturated rings. The number of nitrogens with one attached hydrogen (secondary N) is 2. The minimum absolute atomic E-state index is 0.0452. The van der Waals surface area contributed by atoms with Crippen molar-refractivity contribution >= 4 is 33.1 Å². The Morgan fingerprint density at radius 2 is 2.19 bits per heavy atom. The molecule has 1 aliphatic rings. The Hall–Kier alpha value is -0.0800. The van der Waals surface area contributed by atoms with Gasteiger partial charge in [0.1, 0.15) is 0 Å². The highest BCUT2D eigenvalue weighted by Crippen LogP contribution is 2.37. The Morgan fingerprint density at radius 3 is 2.81 bits per heavy atom. The van der Waals surface area contributed by atoms with Gasteiger partial charge in [-0.3, -0.25) is 0 Å². The number of rotatable bonds is 7. The van der Waals surface area contributed by atoms with E-state index < -0.39 is 10.0 Å². The molecular formula is C14H24N2O2S3. The molecule has 120 valence electrons. The molecule has 2 N–H and O–H groups in total. The summed E-state index contributed by atoms with van der Waals surface area (Å²) in [6, 6.07) is 1.80. The van der Waals surface area contributed by atoms with Gasteiger partial charge in [0.05, 0.1) is 4.90 Å². The maximum atomic E-state index is 12.5. The summed E-state index contributed by atoms with van der Waals surface area (Å²) in [7, 11) is -3.40. The van der Waals surface area contributed by atoms with E-state index >= 15 is 0 Å². The maximum Gasteiger partial charge on any atom is 0.241 e. The van der Waals surface area contributed by atoms with Gasteiger partial charge in [-0.2, -0.15) is 11.8 Å². The lowest BCUT2D eigenvalue weighted by atomic mass is 10.1. The number of hydrogen-bond donors (Lipinski definition) is 2. The number of thioether (sulfide) groups is 1. The van der Waals surface area contributed by atoms with Gasteiger partial charge in [-0.25, -0.2) is 13.1 Å². The predicted octanol–water partition coefficient (Wildman–Crippen LogP) is 2.73. The SMILES string of the molecule is CCNCc1cc(S(=O)(=O)NCC2(C)CCCS2)c(C)s1. The fraction of sp³-hybridized carbons (Fsp3) is 0.714. The maximum absolute atomic E-state index is 12.5. The normalized spacial score (nSPS) is 22.8. The van der Waals surface area contributed by atoms with Crippen molar-refractivity contribution in [3.8, 4) is 0 Å². The van der Waals surface area contributed by atoms with Gasteiger partial charge in [0, 0.05) is 27.6 Å². The minimum atomic E-state index is -3.40. The van der Waals surface area contributed by atoms with Crippen molar-refractivity contribution in [2.75, 3.05) is 18.8 Å². The lowest BCUT2D eigenvalue weighted by molar-refractivity contribution is 0.552. The Balaban J connectivity index is 2.06. The molecule has 1 aromatic heterocycles. The first-order chi connectivity index (χ1) is 9.86.